The van der Waals surface area contributed by atoms with Crippen molar-refractivity contribution in [3.63, 3.8) is 0 Å². The Balaban J connectivity index is 2.66. The van der Waals surface area contributed by atoms with Crippen molar-refractivity contribution in [1.29, 1.82) is 0 Å². The van der Waals surface area contributed by atoms with Crippen LogP contribution in [-0.4, -0.2) is 48.1 Å². The number of carbonyl (C=O) groups excluding carboxylic acids is 1. The number of carboxylic acid groups (broad SMARTS) is 1. The van der Waals surface area contributed by atoms with Crippen molar-refractivity contribution >= 4 is 11.9 Å². The Morgan fingerprint density at radius 1 is 1.41 bits per heavy atom. The van der Waals surface area contributed by atoms with E-state index in [1.165, 1.54) is 0 Å². The summed E-state index contributed by atoms with van der Waals surface area (Å²) in [6.07, 6.45) is 1.68. The first-order chi connectivity index (χ1) is 8.05. The van der Waals surface area contributed by atoms with Gasteiger partial charge in [-0.25, -0.2) is 0 Å². The fraction of sp³-hybridized carbons (Fsp3) is 0.833. The summed E-state index contributed by atoms with van der Waals surface area (Å²) in [4.78, 5) is 24.7. The molecule has 1 heterocycles. The molecular weight excluding hydrogens is 220 g/mol. The van der Waals surface area contributed by atoms with Gasteiger partial charge < -0.3 is 15.3 Å². The third-order valence-electron chi connectivity index (χ3n) is 3.64. The van der Waals surface area contributed by atoms with E-state index >= 15 is 0 Å². The number of amides is 1. The number of carbonyl (C=O) groups is 2. The van der Waals surface area contributed by atoms with Crippen LogP contribution in [0.3, 0.4) is 0 Å². The molecule has 0 bridgehead atoms. The first-order valence-electron chi connectivity index (χ1n) is 6.27. The first kappa shape index (κ1) is 14.0. The molecular formula is C12H22N2O3. The van der Waals surface area contributed by atoms with Gasteiger partial charge in [-0.3, -0.25) is 9.59 Å². The summed E-state index contributed by atoms with van der Waals surface area (Å²) in [7, 11) is 0. The van der Waals surface area contributed by atoms with E-state index in [2.05, 4.69) is 5.32 Å². The van der Waals surface area contributed by atoms with Crippen molar-refractivity contribution in [1.82, 2.24) is 10.2 Å². The van der Waals surface area contributed by atoms with Gasteiger partial charge in [0, 0.05) is 19.6 Å². The summed E-state index contributed by atoms with van der Waals surface area (Å²) in [6, 6.07) is 0. The van der Waals surface area contributed by atoms with Crippen molar-refractivity contribution in [3.8, 4) is 0 Å². The maximum Gasteiger partial charge on any atom is 0.305 e. The second kappa shape index (κ2) is 6.00. The number of aliphatic carboxylic acids is 1. The minimum Gasteiger partial charge on any atom is -0.481 e. The zero-order valence-corrected chi connectivity index (χ0v) is 10.7. The molecule has 0 aromatic rings. The van der Waals surface area contributed by atoms with Gasteiger partial charge in [-0.05, 0) is 26.3 Å². The highest BCUT2D eigenvalue weighted by Crippen LogP contribution is 2.31. The van der Waals surface area contributed by atoms with Crippen LogP contribution >= 0.6 is 0 Å². The molecule has 0 aliphatic carbocycles. The van der Waals surface area contributed by atoms with Crippen LogP contribution < -0.4 is 5.32 Å². The molecule has 0 radical (unpaired) electrons. The summed E-state index contributed by atoms with van der Waals surface area (Å²) in [5.74, 6) is -0.750. The minimum atomic E-state index is -0.855. The molecule has 1 aliphatic rings. The summed E-state index contributed by atoms with van der Waals surface area (Å²) in [6.45, 7) is 6.39. The Labute approximate surface area is 102 Å². The maximum absolute atomic E-state index is 12.4. The maximum atomic E-state index is 12.4. The lowest BCUT2D eigenvalue weighted by molar-refractivity contribution is -0.143. The average molecular weight is 242 g/mol. The molecule has 5 heteroatoms. The van der Waals surface area contributed by atoms with Gasteiger partial charge in [-0.2, -0.15) is 0 Å². The third kappa shape index (κ3) is 3.19. The number of carboxylic acids is 1. The van der Waals surface area contributed by atoms with Crippen LogP contribution in [0, 0.1) is 5.41 Å². The predicted octanol–water partition coefficient (Wildman–Crippen LogP) is 0.699. The molecule has 1 aliphatic heterocycles. The minimum absolute atomic E-state index is 0.0206. The van der Waals surface area contributed by atoms with Gasteiger partial charge in [0.2, 0.25) is 5.91 Å². The molecule has 0 aromatic carbocycles. The molecule has 0 saturated carbocycles. The van der Waals surface area contributed by atoms with Gasteiger partial charge >= 0.3 is 5.97 Å². The topological polar surface area (TPSA) is 69.6 Å². The van der Waals surface area contributed by atoms with Crippen molar-refractivity contribution in [2.45, 2.75) is 33.1 Å². The van der Waals surface area contributed by atoms with Crippen molar-refractivity contribution in [3.05, 3.63) is 0 Å². The second-order valence-corrected chi connectivity index (χ2v) is 4.59. The highest BCUT2D eigenvalue weighted by atomic mass is 16.4. The molecule has 17 heavy (non-hydrogen) atoms. The van der Waals surface area contributed by atoms with Gasteiger partial charge in [-0.1, -0.05) is 6.92 Å². The SMILES string of the molecule is CCN(CCC(=O)O)C(=O)C1(CC)CCNC1. The lowest BCUT2D eigenvalue weighted by Gasteiger charge is -2.32. The molecule has 0 aromatic heterocycles. The Bertz CT molecular complexity index is 285. The van der Waals surface area contributed by atoms with E-state index in [4.69, 9.17) is 5.11 Å². The molecule has 5 nitrogen and oxygen atoms in total. The van der Waals surface area contributed by atoms with E-state index in [1.54, 1.807) is 4.90 Å². The Morgan fingerprint density at radius 3 is 2.53 bits per heavy atom. The van der Waals surface area contributed by atoms with E-state index < -0.39 is 5.97 Å². The van der Waals surface area contributed by atoms with Gasteiger partial charge in [0.05, 0.1) is 11.8 Å². The lowest BCUT2D eigenvalue weighted by atomic mass is 9.82. The molecule has 0 spiro atoms. The number of rotatable bonds is 6. The molecule has 1 rings (SSSR count). The Hall–Kier alpha value is -1.10. The molecule has 1 atom stereocenters. The van der Waals surface area contributed by atoms with Crippen molar-refractivity contribution in [2.24, 2.45) is 5.41 Å². The molecule has 98 valence electrons. The van der Waals surface area contributed by atoms with Gasteiger partial charge in [0.15, 0.2) is 0 Å². The number of hydrogen-bond donors (Lipinski definition) is 2. The van der Waals surface area contributed by atoms with Crippen LogP contribution in [0.25, 0.3) is 0 Å². The van der Waals surface area contributed by atoms with Crippen molar-refractivity contribution < 1.29 is 14.7 Å². The third-order valence-corrected chi connectivity index (χ3v) is 3.64. The Kier molecular flexibility index (Phi) is 4.93. The highest BCUT2D eigenvalue weighted by molar-refractivity contribution is 5.83. The van der Waals surface area contributed by atoms with Gasteiger partial charge in [0.25, 0.3) is 0 Å². The fourth-order valence-electron chi connectivity index (χ4n) is 2.35. The molecule has 1 unspecified atom stereocenters. The highest BCUT2D eigenvalue weighted by Gasteiger charge is 2.41. The van der Waals surface area contributed by atoms with E-state index in [1.807, 2.05) is 13.8 Å². The molecule has 1 saturated heterocycles. The van der Waals surface area contributed by atoms with Crippen LogP contribution in [-0.2, 0) is 9.59 Å². The number of nitrogens with zero attached hydrogens (tertiary/aromatic N) is 1. The summed E-state index contributed by atoms with van der Waals surface area (Å²) in [5.41, 5.74) is -0.311. The summed E-state index contributed by atoms with van der Waals surface area (Å²) in [5, 5.41) is 11.9. The van der Waals surface area contributed by atoms with Gasteiger partial charge in [0.1, 0.15) is 0 Å². The van der Waals surface area contributed by atoms with Crippen LogP contribution in [0.2, 0.25) is 0 Å². The van der Waals surface area contributed by atoms with E-state index in [-0.39, 0.29) is 17.7 Å². The zero-order chi connectivity index (χ0) is 12.9. The van der Waals surface area contributed by atoms with Gasteiger partial charge in [-0.15, -0.1) is 0 Å². The fourth-order valence-corrected chi connectivity index (χ4v) is 2.35. The van der Waals surface area contributed by atoms with Crippen LogP contribution in [0.4, 0.5) is 0 Å². The zero-order valence-electron chi connectivity index (χ0n) is 10.7. The van der Waals surface area contributed by atoms with Crippen LogP contribution in [0.1, 0.15) is 33.1 Å². The largest absolute Gasteiger partial charge is 0.481 e. The van der Waals surface area contributed by atoms with Crippen LogP contribution in [0.5, 0.6) is 0 Å². The van der Waals surface area contributed by atoms with E-state index in [0.29, 0.717) is 19.6 Å². The molecule has 1 amide bonds. The van der Waals surface area contributed by atoms with Crippen molar-refractivity contribution in [2.75, 3.05) is 26.2 Å². The van der Waals surface area contributed by atoms with Crippen LogP contribution in [0.15, 0.2) is 0 Å². The smallest absolute Gasteiger partial charge is 0.305 e. The normalized spacial score (nSPS) is 23.6. The quantitative estimate of drug-likeness (QED) is 0.719. The first-order valence-corrected chi connectivity index (χ1v) is 6.27. The van der Waals surface area contributed by atoms with E-state index in [0.717, 1.165) is 19.4 Å². The summed E-state index contributed by atoms with van der Waals surface area (Å²) >= 11 is 0. The second-order valence-electron chi connectivity index (χ2n) is 4.59. The predicted molar refractivity (Wildman–Crippen MR) is 64.7 cm³/mol. The summed E-state index contributed by atoms with van der Waals surface area (Å²) < 4.78 is 0. The number of nitrogens with one attached hydrogen (secondary N) is 1. The standard InChI is InChI=1S/C12H22N2O3/c1-3-12(6-7-13-9-12)11(17)14(4-2)8-5-10(15)16/h13H,3-9H2,1-2H3,(H,15,16). The van der Waals surface area contributed by atoms with E-state index in [9.17, 15) is 9.59 Å². The monoisotopic (exact) mass is 242 g/mol. The lowest BCUT2D eigenvalue weighted by Crippen LogP contribution is -2.45. The number of hydrogen-bond acceptors (Lipinski definition) is 3. The molecule has 2 N–H and O–H groups in total. The molecule has 1 fully saturated rings. The average Bonchev–Trinajstić information content (AvgIpc) is 2.79. The Morgan fingerprint density at radius 2 is 2.12 bits per heavy atom.